The van der Waals surface area contributed by atoms with E-state index in [0.717, 1.165) is 11.4 Å². The van der Waals surface area contributed by atoms with Crippen LogP contribution < -0.4 is 4.90 Å². The molecule has 10 aromatic rings. The molecule has 0 saturated heterocycles. The molecule has 54 heavy (non-hydrogen) atoms. The van der Waals surface area contributed by atoms with Gasteiger partial charge in [0.15, 0.2) is 0 Å². The van der Waals surface area contributed by atoms with Gasteiger partial charge in [0.1, 0.15) is 0 Å². The van der Waals surface area contributed by atoms with Crippen LogP contribution in [0.3, 0.4) is 0 Å². The molecule has 0 N–H and O–H groups in total. The minimum absolute atomic E-state index is 0.0894. The number of anilines is 3. The van der Waals surface area contributed by atoms with Crippen LogP contribution in [0.25, 0.3) is 73.7 Å². The lowest BCUT2D eigenvalue weighted by Gasteiger charge is -2.28. The fourth-order valence-electron chi connectivity index (χ4n) is 8.85. The maximum absolute atomic E-state index is 2.44. The van der Waals surface area contributed by atoms with Crippen molar-refractivity contribution in [3.63, 3.8) is 0 Å². The Balaban J connectivity index is 1.05. The maximum atomic E-state index is 2.44. The van der Waals surface area contributed by atoms with Gasteiger partial charge in [-0.2, -0.15) is 0 Å². The highest BCUT2D eigenvalue weighted by Crippen LogP contribution is 2.51. The third-order valence-corrected chi connectivity index (χ3v) is 13.9. The smallest absolute Gasteiger partial charge is 0.0476 e. The molecule has 0 amide bonds. The van der Waals surface area contributed by atoms with Crippen molar-refractivity contribution in [3.8, 4) is 33.4 Å². The first-order valence-corrected chi connectivity index (χ1v) is 20.2. The fourth-order valence-corrected chi connectivity index (χ4v) is 11.2. The van der Waals surface area contributed by atoms with Gasteiger partial charge in [0, 0.05) is 68.4 Å². The second kappa shape index (κ2) is 12.0. The number of thiophene rings is 2. The first-order chi connectivity index (χ1) is 26.5. The Bertz CT molecular complexity index is 3090. The molecule has 2 aromatic heterocycles. The summed E-state index contributed by atoms with van der Waals surface area (Å²) in [6, 6.07) is 65.3. The average molecular weight is 726 g/mol. The summed E-state index contributed by atoms with van der Waals surface area (Å²) in [4.78, 5) is 2.44. The Morgan fingerprint density at radius 3 is 1.74 bits per heavy atom. The van der Waals surface area contributed by atoms with E-state index in [2.05, 4.69) is 195 Å². The summed E-state index contributed by atoms with van der Waals surface area (Å²) in [5, 5.41) is 5.28. The highest BCUT2D eigenvalue weighted by Gasteiger charge is 2.35. The van der Waals surface area contributed by atoms with Crippen LogP contribution in [-0.4, -0.2) is 0 Å². The number of nitrogens with zero attached hydrogens (tertiary/aromatic N) is 1. The van der Waals surface area contributed by atoms with Crippen LogP contribution in [0.4, 0.5) is 17.1 Å². The van der Waals surface area contributed by atoms with Gasteiger partial charge in [-0.3, -0.25) is 0 Å². The third-order valence-electron chi connectivity index (χ3n) is 11.5. The molecule has 1 aliphatic rings. The van der Waals surface area contributed by atoms with Crippen molar-refractivity contribution in [3.05, 3.63) is 187 Å². The molecule has 0 radical (unpaired) electrons. The molecule has 8 aromatic carbocycles. The zero-order chi connectivity index (χ0) is 36.0. The van der Waals surface area contributed by atoms with E-state index in [-0.39, 0.29) is 5.41 Å². The Morgan fingerprint density at radius 2 is 0.926 bits per heavy atom. The van der Waals surface area contributed by atoms with Gasteiger partial charge in [-0.1, -0.05) is 141 Å². The second-order valence-corrected chi connectivity index (χ2v) is 17.0. The van der Waals surface area contributed by atoms with Crippen LogP contribution in [-0.2, 0) is 5.41 Å². The molecule has 1 aliphatic carbocycles. The largest absolute Gasteiger partial charge is 0.310 e. The molecule has 3 heteroatoms. The molecule has 0 aliphatic heterocycles. The van der Waals surface area contributed by atoms with Crippen LogP contribution in [0.15, 0.2) is 176 Å². The lowest BCUT2D eigenvalue weighted by molar-refractivity contribution is 0.660. The number of benzene rings is 8. The van der Waals surface area contributed by atoms with Crippen molar-refractivity contribution in [2.75, 3.05) is 4.90 Å². The summed E-state index contributed by atoms with van der Waals surface area (Å²) in [6.07, 6.45) is 0. The zero-order valence-electron chi connectivity index (χ0n) is 30.0. The Labute approximate surface area is 323 Å². The van der Waals surface area contributed by atoms with Crippen molar-refractivity contribution in [2.24, 2.45) is 0 Å². The molecule has 0 atom stereocenters. The van der Waals surface area contributed by atoms with E-state index in [9.17, 15) is 0 Å². The monoisotopic (exact) mass is 725 g/mol. The van der Waals surface area contributed by atoms with Crippen LogP contribution in [0.2, 0.25) is 0 Å². The predicted octanol–water partition coefficient (Wildman–Crippen LogP) is 15.5. The normalized spacial score (nSPS) is 13.1. The standard InChI is InChI=1S/C51H35NS2/c1-51(2)45-19-8-5-14-38(45)39-28-26-34(30-46(39)51)52(35-27-29-42-40-15-6-9-20-47(40)53-49(42)31-35)33-24-22-32(23-25-33)36-12-3-4-13-37(36)43-17-11-18-44-41-16-7-10-21-48(41)54-50(43)44/h3-31H,1-2H3. The topological polar surface area (TPSA) is 3.24 Å². The van der Waals surface area contributed by atoms with Crippen LogP contribution >= 0.6 is 22.7 Å². The lowest BCUT2D eigenvalue weighted by atomic mass is 9.82. The third kappa shape index (κ3) is 4.75. The molecule has 0 bridgehead atoms. The van der Waals surface area contributed by atoms with Gasteiger partial charge in [-0.25, -0.2) is 0 Å². The second-order valence-electron chi connectivity index (χ2n) is 14.9. The maximum Gasteiger partial charge on any atom is 0.0476 e. The van der Waals surface area contributed by atoms with E-state index in [4.69, 9.17) is 0 Å². The van der Waals surface area contributed by atoms with Crippen molar-refractivity contribution in [2.45, 2.75) is 19.3 Å². The van der Waals surface area contributed by atoms with E-state index in [0.29, 0.717) is 0 Å². The summed E-state index contributed by atoms with van der Waals surface area (Å²) < 4.78 is 5.29. The number of fused-ring (bicyclic) bond motifs is 9. The SMILES string of the molecule is CC1(C)c2ccccc2-c2ccc(N(c3ccc(-c4ccccc4-c4cccc5c4sc4ccccc45)cc3)c3ccc4c(c3)sc3ccccc34)cc21. The molecule has 0 fully saturated rings. The molecular formula is C51H35NS2. The van der Waals surface area contributed by atoms with Crippen molar-refractivity contribution in [1.82, 2.24) is 0 Å². The van der Waals surface area contributed by atoms with Gasteiger partial charge in [-0.05, 0) is 87.5 Å². The van der Waals surface area contributed by atoms with Crippen molar-refractivity contribution < 1.29 is 0 Å². The van der Waals surface area contributed by atoms with Gasteiger partial charge >= 0.3 is 0 Å². The molecule has 1 nitrogen and oxygen atoms in total. The van der Waals surface area contributed by atoms with Gasteiger partial charge < -0.3 is 4.90 Å². The molecule has 0 saturated carbocycles. The number of rotatable bonds is 5. The zero-order valence-corrected chi connectivity index (χ0v) is 31.6. The van der Waals surface area contributed by atoms with Crippen LogP contribution in [0, 0.1) is 0 Å². The van der Waals surface area contributed by atoms with Crippen molar-refractivity contribution >= 4 is 80.1 Å². The summed E-state index contributed by atoms with van der Waals surface area (Å²) in [7, 11) is 0. The summed E-state index contributed by atoms with van der Waals surface area (Å²) in [6.45, 7) is 4.72. The first-order valence-electron chi connectivity index (χ1n) is 18.6. The first kappa shape index (κ1) is 31.5. The van der Waals surface area contributed by atoms with E-state index in [1.54, 1.807) is 0 Å². The quantitative estimate of drug-likeness (QED) is 0.171. The Hall–Kier alpha value is -6.00. The van der Waals surface area contributed by atoms with Crippen LogP contribution in [0.1, 0.15) is 25.0 Å². The van der Waals surface area contributed by atoms with Gasteiger partial charge in [0.25, 0.3) is 0 Å². The molecule has 11 rings (SSSR count). The van der Waals surface area contributed by atoms with Crippen LogP contribution in [0.5, 0.6) is 0 Å². The minimum atomic E-state index is -0.0894. The molecule has 0 unspecified atom stereocenters. The summed E-state index contributed by atoms with van der Waals surface area (Å²) in [5.74, 6) is 0. The number of hydrogen-bond donors (Lipinski definition) is 0. The van der Waals surface area contributed by atoms with Crippen molar-refractivity contribution in [1.29, 1.82) is 0 Å². The Kier molecular flexibility index (Phi) is 7.01. The lowest BCUT2D eigenvalue weighted by Crippen LogP contribution is -2.16. The van der Waals surface area contributed by atoms with E-state index < -0.39 is 0 Å². The fraction of sp³-hybridized carbons (Fsp3) is 0.0588. The molecule has 2 heterocycles. The highest BCUT2D eigenvalue weighted by molar-refractivity contribution is 7.26. The number of hydrogen-bond acceptors (Lipinski definition) is 3. The Morgan fingerprint density at radius 1 is 0.370 bits per heavy atom. The van der Waals surface area contributed by atoms with Gasteiger partial charge in [-0.15, -0.1) is 22.7 Å². The van der Waals surface area contributed by atoms with Gasteiger partial charge in [0.2, 0.25) is 0 Å². The van der Waals surface area contributed by atoms with E-state index in [1.165, 1.54) is 90.5 Å². The van der Waals surface area contributed by atoms with E-state index >= 15 is 0 Å². The minimum Gasteiger partial charge on any atom is -0.310 e. The average Bonchev–Trinajstić information content (AvgIpc) is 3.86. The molecular weight excluding hydrogens is 691 g/mol. The summed E-state index contributed by atoms with van der Waals surface area (Å²) >= 11 is 3.76. The van der Waals surface area contributed by atoms with E-state index in [1.807, 2.05) is 22.7 Å². The highest BCUT2D eigenvalue weighted by atomic mass is 32.1. The molecule has 256 valence electrons. The summed E-state index contributed by atoms with van der Waals surface area (Å²) in [5.41, 5.74) is 13.8. The molecule has 0 spiro atoms. The van der Waals surface area contributed by atoms with Gasteiger partial charge in [0.05, 0.1) is 0 Å². The predicted molar refractivity (Wildman–Crippen MR) is 235 cm³/mol.